The topological polar surface area (TPSA) is 73.1 Å². The number of rotatable bonds is 6. The molecule has 18 heavy (non-hydrogen) atoms. The molecule has 2 rings (SSSR count). The minimum atomic E-state index is 0.0515. The van der Waals surface area contributed by atoms with E-state index >= 15 is 0 Å². The molecular formula is C13H18N4O. The van der Waals surface area contributed by atoms with Crippen molar-refractivity contribution in [2.45, 2.75) is 12.5 Å². The Labute approximate surface area is 106 Å². The number of nitrogens with two attached hydrogens (primary N) is 1. The van der Waals surface area contributed by atoms with Crippen molar-refractivity contribution in [3.05, 3.63) is 30.6 Å². The van der Waals surface area contributed by atoms with Gasteiger partial charge in [0.15, 0.2) is 0 Å². The van der Waals surface area contributed by atoms with E-state index in [9.17, 15) is 0 Å². The summed E-state index contributed by atoms with van der Waals surface area (Å²) < 4.78 is 5.00. The van der Waals surface area contributed by atoms with E-state index in [-0.39, 0.29) is 6.04 Å². The van der Waals surface area contributed by atoms with Crippen LogP contribution in [0.2, 0.25) is 0 Å². The van der Waals surface area contributed by atoms with Crippen molar-refractivity contribution in [3.8, 4) is 0 Å². The average Bonchev–Trinajstić information content (AvgIpc) is 2.39. The van der Waals surface area contributed by atoms with Gasteiger partial charge in [0.05, 0.1) is 12.1 Å². The number of para-hydroxylation sites is 1. The van der Waals surface area contributed by atoms with Crippen molar-refractivity contribution >= 4 is 16.7 Å². The van der Waals surface area contributed by atoms with Crippen LogP contribution in [0.3, 0.4) is 0 Å². The normalized spacial score (nSPS) is 12.6. The van der Waals surface area contributed by atoms with Crippen LogP contribution < -0.4 is 11.1 Å². The fourth-order valence-corrected chi connectivity index (χ4v) is 1.82. The molecule has 0 saturated heterocycles. The van der Waals surface area contributed by atoms with Crippen LogP contribution in [0.5, 0.6) is 0 Å². The molecular weight excluding hydrogens is 228 g/mol. The Bertz CT molecular complexity index is 498. The summed E-state index contributed by atoms with van der Waals surface area (Å²) in [5.74, 6) is 0.852. The van der Waals surface area contributed by atoms with Crippen molar-refractivity contribution in [2.24, 2.45) is 5.73 Å². The van der Waals surface area contributed by atoms with E-state index in [1.165, 1.54) is 0 Å². The monoisotopic (exact) mass is 246 g/mol. The van der Waals surface area contributed by atoms with Crippen molar-refractivity contribution in [1.29, 1.82) is 0 Å². The lowest BCUT2D eigenvalue weighted by atomic mass is 10.2. The Morgan fingerprint density at radius 3 is 3.00 bits per heavy atom. The lowest BCUT2D eigenvalue weighted by Gasteiger charge is -2.12. The molecule has 0 spiro atoms. The average molecular weight is 246 g/mol. The van der Waals surface area contributed by atoms with E-state index in [1.54, 1.807) is 13.4 Å². The number of anilines is 1. The van der Waals surface area contributed by atoms with Crippen molar-refractivity contribution < 1.29 is 4.74 Å². The number of nitrogens with zero attached hydrogens (tertiary/aromatic N) is 2. The summed E-state index contributed by atoms with van der Waals surface area (Å²) in [5.41, 5.74) is 6.80. The van der Waals surface area contributed by atoms with Gasteiger partial charge in [-0.15, -0.1) is 0 Å². The summed E-state index contributed by atoms with van der Waals surface area (Å²) >= 11 is 0. The molecule has 1 unspecified atom stereocenters. The Morgan fingerprint density at radius 1 is 1.33 bits per heavy atom. The molecule has 0 fully saturated rings. The highest BCUT2D eigenvalue weighted by Gasteiger charge is 2.04. The zero-order valence-electron chi connectivity index (χ0n) is 10.5. The first-order valence-corrected chi connectivity index (χ1v) is 5.99. The highest BCUT2D eigenvalue weighted by Crippen LogP contribution is 2.17. The quantitative estimate of drug-likeness (QED) is 0.806. The van der Waals surface area contributed by atoms with Gasteiger partial charge in [0.25, 0.3) is 0 Å². The SMILES string of the molecule is COCC(N)CCNc1ncnc2ccccc12. The fraction of sp³-hybridized carbons (Fsp3) is 0.385. The van der Waals surface area contributed by atoms with Crippen LogP contribution in [0.15, 0.2) is 30.6 Å². The maximum absolute atomic E-state index is 5.86. The second kappa shape index (κ2) is 6.28. The summed E-state index contributed by atoms with van der Waals surface area (Å²) in [6, 6.07) is 7.97. The molecule has 3 N–H and O–H groups in total. The summed E-state index contributed by atoms with van der Waals surface area (Å²) in [6.07, 6.45) is 2.41. The molecule has 0 aliphatic rings. The summed E-state index contributed by atoms with van der Waals surface area (Å²) in [5, 5.41) is 4.32. The molecule has 5 heteroatoms. The molecule has 0 aliphatic heterocycles. The van der Waals surface area contributed by atoms with Gasteiger partial charge >= 0.3 is 0 Å². The molecule has 1 aromatic heterocycles. The molecule has 5 nitrogen and oxygen atoms in total. The van der Waals surface area contributed by atoms with Crippen LogP contribution >= 0.6 is 0 Å². The fourth-order valence-electron chi connectivity index (χ4n) is 1.82. The molecule has 0 radical (unpaired) electrons. The van der Waals surface area contributed by atoms with E-state index in [2.05, 4.69) is 15.3 Å². The van der Waals surface area contributed by atoms with Gasteiger partial charge in [-0.2, -0.15) is 0 Å². The van der Waals surface area contributed by atoms with Gasteiger partial charge < -0.3 is 15.8 Å². The first-order chi connectivity index (χ1) is 8.81. The van der Waals surface area contributed by atoms with Crippen molar-refractivity contribution in [2.75, 3.05) is 25.6 Å². The maximum atomic E-state index is 5.86. The third-order valence-corrected chi connectivity index (χ3v) is 2.73. The Hall–Kier alpha value is -1.72. The largest absolute Gasteiger partial charge is 0.383 e. The maximum Gasteiger partial charge on any atom is 0.137 e. The lowest BCUT2D eigenvalue weighted by molar-refractivity contribution is 0.178. The van der Waals surface area contributed by atoms with Crippen molar-refractivity contribution in [3.63, 3.8) is 0 Å². The van der Waals surface area contributed by atoms with E-state index in [4.69, 9.17) is 10.5 Å². The summed E-state index contributed by atoms with van der Waals surface area (Å²) in [6.45, 7) is 1.34. The molecule has 2 aromatic rings. The number of fused-ring (bicyclic) bond motifs is 1. The predicted molar refractivity (Wildman–Crippen MR) is 72.5 cm³/mol. The minimum Gasteiger partial charge on any atom is -0.383 e. The van der Waals surface area contributed by atoms with Crippen molar-refractivity contribution in [1.82, 2.24) is 9.97 Å². The van der Waals surface area contributed by atoms with Crippen LogP contribution in [0.1, 0.15) is 6.42 Å². The molecule has 0 aliphatic carbocycles. The number of methoxy groups -OCH3 is 1. The number of ether oxygens (including phenoxy) is 1. The number of nitrogens with one attached hydrogen (secondary N) is 1. The van der Waals surface area contributed by atoms with Gasteiger partial charge in [-0.25, -0.2) is 9.97 Å². The molecule has 0 bridgehead atoms. The standard InChI is InChI=1S/C13H18N4O/c1-18-8-10(14)6-7-15-13-11-4-2-3-5-12(11)16-9-17-13/h2-5,9-10H,6-8,14H2,1H3,(H,15,16,17). The van der Waals surface area contributed by atoms with E-state index in [0.717, 1.165) is 29.7 Å². The molecule has 1 aromatic carbocycles. The van der Waals surface area contributed by atoms with Crippen LogP contribution in [0, 0.1) is 0 Å². The van der Waals surface area contributed by atoms with Gasteiger partial charge in [0, 0.05) is 25.1 Å². The Morgan fingerprint density at radius 2 is 2.17 bits per heavy atom. The number of aromatic nitrogens is 2. The third kappa shape index (κ3) is 3.15. The second-order valence-corrected chi connectivity index (χ2v) is 4.17. The Balaban J connectivity index is 1.99. The minimum absolute atomic E-state index is 0.0515. The molecule has 0 saturated carbocycles. The number of benzene rings is 1. The molecule has 0 amide bonds. The number of hydrogen-bond acceptors (Lipinski definition) is 5. The lowest BCUT2D eigenvalue weighted by Crippen LogP contribution is -2.28. The van der Waals surface area contributed by atoms with Crippen LogP contribution in [0.4, 0.5) is 5.82 Å². The van der Waals surface area contributed by atoms with E-state index in [1.807, 2.05) is 24.3 Å². The predicted octanol–water partition coefficient (Wildman–Crippen LogP) is 1.41. The molecule has 96 valence electrons. The van der Waals surface area contributed by atoms with Gasteiger partial charge in [-0.1, -0.05) is 12.1 Å². The van der Waals surface area contributed by atoms with Crippen LogP contribution in [-0.2, 0) is 4.74 Å². The van der Waals surface area contributed by atoms with E-state index < -0.39 is 0 Å². The first kappa shape index (κ1) is 12.7. The third-order valence-electron chi connectivity index (χ3n) is 2.73. The number of hydrogen-bond donors (Lipinski definition) is 2. The zero-order valence-corrected chi connectivity index (χ0v) is 10.5. The van der Waals surface area contributed by atoms with Gasteiger partial charge in [0.2, 0.25) is 0 Å². The summed E-state index contributed by atoms with van der Waals surface area (Å²) in [4.78, 5) is 8.47. The van der Waals surface area contributed by atoms with Gasteiger partial charge in [-0.05, 0) is 18.6 Å². The summed E-state index contributed by atoms with van der Waals surface area (Å²) in [7, 11) is 1.66. The highest BCUT2D eigenvalue weighted by atomic mass is 16.5. The van der Waals surface area contributed by atoms with Gasteiger partial charge in [0.1, 0.15) is 12.1 Å². The highest BCUT2D eigenvalue weighted by molar-refractivity contribution is 5.88. The van der Waals surface area contributed by atoms with Crippen LogP contribution in [-0.4, -0.2) is 36.3 Å². The molecule has 1 atom stereocenters. The smallest absolute Gasteiger partial charge is 0.137 e. The van der Waals surface area contributed by atoms with E-state index in [0.29, 0.717) is 6.61 Å². The molecule has 1 heterocycles. The Kier molecular flexibility index (Phi) is 4.44. The first-order valence-electron chi connectivity index (χ1n) is 5.99. The zero-order chi connectivity index (χ0) is 12.8. The van der Waals surface area contributed by atoms with Gasteiger partial charge in [-0.3, -0.25) is 0 Å². The second-order valence-electron chi connectivity index (χ2n) is 4.17. The van der Waals surface area contributed by atoms with Crippen LogP contribution in [0.25, 0.3) is 10.9 Å².